The van der Waals surface area contributed by atoms with E-state index < -0.39 is 0 Å². The number of hydrogen-bond donors (Lipinski definition) is 1. The minimum Gasteiger partial charge on any atom is -0.320 e. The first-order chi connectivity index (χ1) is 6.36. The van der Waals surface area contributed by atoms with Gasteiger partial charge >= 0.3 is 0 Å². The molecule has 1 rings (SSSR count). The second kappa shape index (κ2) is 6.11. The molecule has 0 fully saturated rings. The summed E-state index contributed by atoms with van der Waals surface area (Å²) in [6, 6.07) is 0. The Morgan fingerprint density at radius 1 is 1.46 bits per heavy atom. The summed E-state index contributed by atoms with van der Waals surface area (Å²) in [7, 11) is 2.00. The molecule has 0 amide bonds. The Bertz CT molecular complexity index is 233. The quantitative estimate of drug-likeness (QED) is 0.709. The molecule has 0 aromatic carbocycles. The maximum Gasteiger partial charge on any atom is 0.0928 e. The molecule has 1 aromatic rings. The third-order valence-electron chi connectivity index (χ3n) is 2.03. The first-order valence-corrected chi connectivity index (χ1v) is 5.82. The molecule has 3 heteroatoms. The van der Waals surface area contributed by atoms with Gasteiger partial charge < -0.3 is 5.32 Å². The van der Waals surface area contributed by atoms with Crippen molar-refractivity contribution in [2.75, 3.05) is 13.6 Å². The number of thiazole rings is 1. The maximum atomic E-state index is 4.52. The number of nitrogens with one attached hydrogen (secondary N) is 1. The van der Waals surface area contributed by atoms with Gasteiger partial charge in [0, 0.05) is 5.38 Å². The molecule has 0 saturated heterocycles. The van der Waals surface area contributed by atoms with Gasteiger partial charge in [0.05, 0.1) is 10.7 Å². The highest BCUT2D eigenvalue weighted by Gasteiger charge is 1.99. The Kier molecular flexibility index (Phi) is 5.01. The Labute approximate surface area is 84.4 Å². The van der Waals surface area contributed by atoms with Gasteiger partial charge in [-0.3, -0.25) is 0 Å². The highest BCUT2D eigenvalue weighted by atomic mass is 32.1. The average molecular weight is 198 g/mol. The summed E-state index contributed by atoms with van der Waals surface area (Å²) in [5, 5.41) is 6.63. The predicted octanol–water partition coefficient (Wildman–Crippen LogP) is 2.25. The molecule has 0 saturated carbocycles. The molecule has 74 valence electrons. The fraction of sp³-hybridized carbons (Fsp3) is 0.700. The van der Waals surface area contributed by atoms with Gasteiger partial charge in [0.15, 0.2) is 0 Å². The van der Waals surface area contributed by atoms with Gasteiger partial charge in [0.1, 0.15) is 0 Å². The normalized spacial score (nSPS) is 10.6. The summed E-state index contributed by atoms with van der Waals surface area (Å²) in [6.07, 6.45) is 4.70. The van der Waals surface area contributed by atoms with Crippen LogP contribution < -0.4 is 5.32 Å². The molecule has 0 spiro atoms. The summed E-state index contributed by atoms with van der Waals surface area (Å²) < 4.78 is 0. The van der Waals surface area contributed by atoms with E-state index in [-0.39, 0.29) is 0 Å². The van der Waals surface area contributed by atoms with Gasteiger partial charge in [-0.2, -0.15) is 0 Å². The zero-order chi connectivity index (χ0) is 9.52. The van der Waals surface area contributed by atoms with Crippen LogP contribution in [0.25, 0.3) is 0 Å². The summed E-state index contributed by atoms with van der Waals surface area (Å²) in [4.78, 5) is 4.52. The Morgan fingerprint density at radius 3 is 2.92 bits per heavy atom. The molecular weight excluding hydrogens is 180 g/mol. The zero-order valence-corrected chi connectivity index (χ0v) is 9.28. The smallest absolute Gasteiger partial charge is 0.0928 e. The lowest BCUT2D eigenvalue weighted by Gasteiger charge is -1.96. The van der Waals surface area contributed by atoms with Crippen LogP contribution in [0.3, 0.4) is 0 Å². The number of hydrogen-bond acceptors (Lipinski definition) is 3. The fourth-order valence-electron chi connectivity index (χ4n) is 1.20. The molecule has 0 aliphatic carbocycles. The zero-order valence-electron chi connectivity index (χ0n) is 8.47. The summed E-state index contributed by atoms with van der Waals surface area (Å²) in [5.74, 6) is 0. The molecule has 0 aliphatic rings. The van der Waals surface area contributed by atoms with E-state index in [1.54, 1.807) is 11.3 Å². The monoisotopic (exact) mass is 198 g/mol. The van der Waals surface area contributed by atoms with Gasteiger partial charge in [-0.05, 0) is 39.3 Å². The molecule has 0 atom stereocenters. The molecule has 1 aromatic heterocycles. The number of nitrogens with zero attached hydrogens (tertiary/aromatic N) is 1. The minimum absolute atomic E-state index is 1.06. The van der Waals surface area contributed by atoms with Crippen LogP contribution in [0.5, 0.6) is 0 Å². The van der Waals surface area contributed by atoms with E-state index in [0.29, 0.717) is 0 Å². The SMILES string of the molecule is CCc1csc(CCCCNC)n1. The summed E-state index contributed by atoms with van der Waals surface area (Å²) in [6.45, 7) is 3.27. The molecule has 0 radical (unpaired) electrons. The highest BCUT2D eigenvalue weighted by Crippen LogP contribution is 2.12. The van der Waals surface area contributed by atoms with E-state index in [1.807, 2.05) is 7.05 Å². The van der Waals surface area contributed by atoms with Gasteiger partial charge in [0.25, 0.3) is 0 Å². The van der Waals surface area contributed by atoms with Gasteiger partial charge in [0.2, 0.25) is 0 Å². The van der Waals surface area contributed by atoms with Crippen molar-refractivity contribution < 1.29 is 0 Å². The van der Waals surface area contributed by atoms with Gasteiger partial charge in [-0.25, -0.2) is 4.98 Å². The molecule has 13 heavy (non-hydrogen) atoms. The molecule has 0 unspecified atom stereocenters. The van der Waals surface area contributed by atoms with Crippen LogP contribution in [0.4, 0.5) is 0 Å². The largest absolute Gasteiger partial charge is 0.320 e. The molecular formula is C10H18N2S. The number of unbranched alkanes of at least 4 members (excludes halogenated alkanes) is 1. The topological polar surface area (TPSA) is 24.9 Å². The number of aromatic nitrogens is 1. The van der Waals surface area contributed by atoms with E-state index in [4.69, 9.17) is 0 Å². The van der Waals surface area contributed by atoms with Crippen molar-refractivity contribution in [3.8, 4) is 0 Å². The van der Waals surface area contributed by atoms with Crippen molar-refractivity contribution in [3.63, 3.8) is 0 Å². The average Bonchev–Trinajstić information content (AvgIpc) is 2.60. The van der Waals surface area contributed by atoms with Crippen molar-refractivity contribution in [2.45, 2.75) is 32.6 Å². The summed E-state index contributed by atoms with van der Waals surface area (Å²) in [5.41, 5.74) is 1.24. The summed E-state index contributed by atoms with van der Waals surface area (Å²) >= 11 is 1.80. The van der Waals surface area contributed by atoms with Crippen molar-refractivity contribution in [1.29, 1.82) is 0 Å². The van der Waals surface area contributed by atoms with Crippen molar-refractivity contribution in [2.24, 2.45) is 0 Å². The van der Waals surface area contributed by atoms with Crippen LogP contribution in [-0.4, -0.2) is 18.6 Å². The van der Waals surface area contributed by atoms with E-state index in [1.165, 1.54) is 23.5 Å². The Hall–Kier alpha value is -0.410. The third kappa shape index (κ3) is 3.87. The van der Waals surface area contributed by atoms with Crippen LogP contribution in [0, 0.1) is 0 Å². The second-order valence-electron chi connectivity index (χ2n) is 3.15. The highest BCUT2D eigenvalue weighted by molar-refractivity contribution is 7.09. The predicted molar refractivity (Wildman–Crippen MR) is 58.4 cm³/mol. The van der Waals surface area contributed by atoms with Gasteiger partial charge in [-0.1, -0.05) is 6.92 Å². The lowest BCUT2D eigenvalue weighted by Crippen LogP contribution is -2.07. The molecule has 2 nitrogen and oxygen atoms in total. The van der Waals surface area contributed by atoms with E-state index in [9.17, 15) is 0 Å². The van der Waals surface area contributed by atoms with E-state index in [0.717, 1.165) is 19.4 Å². The minimum atomic E-state index is 1.06. The lowest BCUT2D eigenvalue weighted by atomic mass is 10.2. The standard InChI is InChI=1S/C10H18N2S/c1-3-9-8-13-10(12-9)6-4-5-7-11-2/h8,11H,3-7H2,1-2H3. The second-order valence-corrected chi connectivity index (χ2v) is 4.09. The number of rotatable bonds is 6. The van der Waals surface area contributed by atoms with Crippen molar-refractivity contribution in [1.82, 2.24) is 10.3 Å². The molecule has 1 N–H and O–H groups in total. The lowest BCUT2D eigenvalue weighted by molar-refractivity contribution is 0.675. The maximum absolute atomic E-state index is 4.52. The third-order valence-corrected chi connectivity index (χ3v) is 2.99. The van der Waals surface area contributed by atoms with Crippen LogP contribution in [-0.2, 0) is 12.8 Å². The first kappa shape index (κ1) is 10.7. The molecule has 0 aliphatic heterocycles. The van der Waals surface area contributed by atoms with Crippen LogP contribution >= 0.6 is 11.3 Å². The van der Waals surface area contributed by atoms with Crippen LogP contribution in [0.1, 0.15) is 30.5 Å². The van der Waals surface area contributed by atoms with E-state index >= 15 is 0 Å². The van der Waals surface area contributed by atoms with Crippen LogP contribution in [0.15, 0.2) is 5.38 Å². The fourth-order valence-corrected chi connectivity index (χ4v) is 2.13. The van der Waals surface area contributed by atoms with Crippen molar-refractivity contribution in [3.05, 3.63) is 16.1 Å². The molecule has 0 bridgehead atoms. The Morgan fingerprint density at radius 2 is 2.31 bits per heavy atom. The van der Waals surface area contributed by atoms with Gasteiger partial charge in [-0.15, -0.1) is 11.3 Å². The first-order valence-electron chi connectivity index (χ1n) is 4.94. The Balaban J connectivity index is 2.20. The van der Waals surface area contributed by atoms with Crippen LogP contribution in [0.2, 0.25) is 0 Å². The number of aryl methyl sites for hydroxylation is 2. The molecule has 1 heterocycles. The van der Waals surface area contributed by atoms with Crippen molar-refractivity contribution >= 4 is 11.3 Å². The van der Waals surface area contributed by atoms with E-state index in [2.05, 4.69) is 22.6 Å².